The van der Waals surface area contributed by atoms with Crippen molar-refractivity contribution in [1.82, 2.24) is 20.4 Å². The highest BCUT2D eigenvalue weighted by Gasteiger charge is 2.14. The summed E-state index contributed by atoms with van der Waals surface area (Å²) < 4.78 is 7.38. The molecule has 8 heteroatoms. The van der Waals surface area contributed by atoms with Crippen LogP contribution in [0.25, 0.3) is 0 Å². The molecule has 1 unspecified atom stereocenters. The van der Waals surface area contributed by atoms with Crippen molar-refractivity contribution in [3.63, 3.8) is 0 Å². The molecule has 3 rings (SSSR count). The van der Waals surface area contributed by atoms with Crippen LogP contribution in [-0.2, 0) is 24.8 Å². The monoisotopic (exact) mass is 526 g/mol. The summed E-state index contributed by atoms with van der Waals surface area (Å²) in [5.41, 5.74) is 6.12. The minimum absolute atomic E-state index is 0. The van der Waals surface area contributed by atoms with Crippen LogP contribution in [0.2, 0.25) is 0 Å². The second-order valence-corrected chi connectivity index (χ2v) is 7.71. The van der Waals surface area contributed by atoms with Crippen molar-refractivity contribution in [2.75, 3.05) is 38.3 Å². The van der Waals surface area contributed by atoms with Gasteiger partial charge in [-0.3, -0.25) is 9.67 Å². The van der Waals surface area contributed by atoms with Crippen LogP contribution in [0.4, 0.5) is 5.69 Å². The van der Waals surface area contributed by atoms with E-state index in [9.17, 15) is 0 Å². The Kier molecular flexibility index (Phi) is 9.41. The molecular weight excluding hydrogens is 491 g/mol. The van der Waals surface area contributed by atoms with Gasteiger partial charge in [0.05, 0.1) is 18.9 Å². The first-order valence-electron chi connectivity index (χ1n) is 10.4. The number of anilines is 1. The fraction of sp³-hybridized carbons (Fsp3) is 0.545. The lowest BCUT2D eigenvalue weighted by molar-refractivity contribution is 0.122. The first kappa shape index (κ1) is 24.5. The largest absolute Gasteiger partial charge is 0.378 e. The summed E-state index contributed by atoms with van der Waals surface area (Å²) in [6, 6.07) is 8.99. The number of halogens is 1. The van der Waals surface area contributed by atoms with E-state index in [1.807, 2.05) is 18.8 Å². The Morgan fingerprint density at radius 3 is 2.43 bits per heavy atom. The van der Waals surface area contributed by atoms with Gasteiger partial charge in [0.1, 0.15) is 0 Å². The topological polar surface area (TPSA) is 66.7 Å². The molecule has 1 atom stereocenters. The van der Waals surface area contributed by atoms with Gasteiger partial charge in [-0.15, -0.1) is 24.0 Å². The van der Waals surface area contributed by atoms with E-state index < -0.39 is 0 Å². The first-order valence-corrected chi connectivity index (χ1v) is 10.4. The van der Waals surface area contributed by atoms with E-state index in [0.717, 1.165) is 50.9 Å². The molecule has 1 aliphatic rings. The highest BCUT2D eigenvalue weighted by molar-refractivity contribution is 14.0. The smallest absolute Gasteiger partial charge is 0.191 e. The number of nitrogens with zero attached hydrogens (tertiary/aromatic N) is 4. The van der Waals surface area contributed by atoms with E-state index in [1.165, 1.54) is 22.5 Å². The maximum atomic E-state index is 5.43. The lowest BCUT2D eigenvalue weighted by atomic mass is 10.1. The maximum absolute atomic E-state index is 5.43. The van der Waals surface area contributed by atoms with E-state index in [2.05, 4.69) is 70.7 Å². The molecule has 1 saturated heterocycles. The molecule has 2 N–H and O–H groups in total. The Morgan fingerprint density at radius 2 is 1.87 bits per heavy atom. The summed E-state index contributed by atoms with van der Waals surface area (Å²) in [7, 11) is 3.80. The zero-order valence-electron chi connectivity index (χ0n) is 18.7. The van der Waals surface area contributed by atoms with Crippen LogP contribution in [0.3, 0.4) is 0 Å². The number of aliphatic imine (C=N–C) groups is 1. The van der Waals surface area contributed by atoms with Crippen LogP contribution in [0.5, 0.6) is 0 Å². The number of guanidine groups is 1. The summed E-state index contributed by atoms with van der Waals surface area (Å²) in [6.07, 6.45) is 0.917. The summed E-state index contributed by atoms with van der Waals surface area (Å²) >= 11 is 0. The van der Waals surface area contributed by atoms with E-state index in [-0.39, 0.29) is 30.0 Å². The Labute approximate surface area is 197 Å². The summed E-state index contributed by atoms with van der Waals surface area (Å²) in [4.78, 5) is 6.74. The number of aromatic nitrogens is 2. The average Bonchev–Trinajstić information content (AvgIpc) is 2.98. The molecule has 1 aromatic heterocycles. The summed E-state index contributed by atoms with van der Waals surface area (Å²) in [5, 5.41) is 11.4. The third-order valence-electron chi connectivity index (χ3n) is 5.55. The highest BCUT2D eigenvalue weighted by atomic mass is 127. The number of rotatable bonds is 6. The SMILES string of the molecule is CN=C(NCc1ccc(N2CCOCC2)cc1)NC(C)Cc1c(C)nn(C)c1C.I. The Hall–Kier alpha value is -1.81. The Balaban J connectivity index is 0.00000320. The molecule has 0 spiro atoms. The van der Waals surface area contributed by atoms with Gasteiger partial charge in [0, 0.05) is 51.2 Å². The van der Waals surface area contributed by atoms with Crippen LogP contribution in [0, 0.1) is 13.8 Å². The van der Waals surface area contributed by atoms with Crippen molar-refractivity contribution >= 4 is 35.6 Å². The minimum Gasteiger partial charge on any atom is -0.378 e. The molecule has 1 aromatic carbocycles. The molecule has 0 amide bonds. The molecule has 2 aromatic rings. The highest BCUT2D eigenvalue weighted by Crippen LogP contribution is 2.17. The van der Waals surface area contributed by atoms with Gasteiger partial charge in [0.25, 0.3) is 0 Å². The molecule has 30 heavy (non-hydrogen) atoms. The van der Waals surface area contributed by atoms with E-state index >= 15 is 0 Å². The predicted octanol–water partition coefficient (Wildman–Crippen LogP) is 2.79. The zero-order valence-corrected chi connectivity index (χ0v) is 21.1. The average molecular weight is 526 g/mol. The molecule has 0 radical (unpaired) electrons. The molecule has 1 fully saturated rings. The molecule has 166 valence electrons. The number of aryl methyl sites for hydroxylation is 2. The van der Waals surface area contributed by atoms with Gasteiger partial charge in [-0.05, 0) is 50.5 Å². The predicted molar refractivity (Wildman–Crippen MR) is 134 cm³/mol. The Bertz CT molecular complexity index is 827. The van der Waals surface area contributed by atoms with Crippen molar-refractivity contribution in [2.45, 2.75) is 39.8 Å². The van der Waals surface area contributed by atoms with Crippen molar-refractivity contribution in [3.05, 3.63) is 46.8 Å². The fourth-order valence-electron chi connectivity index (χ4n) is 3.73. The summed E-state index contributed by atoms with van der Waals surface area (Å²) in [5.74, 6) is 0.814. The van der Waals surface area contributed by atoms with Gasteiger partial charge in [-0.1, -0.05) is 12.1 Å². The lowest BCUT2D eigenvalue weighted by Crippen LogP contribution is -2.42. The molecule has 0 saturated carbocycles. The normalized spacial score (nSPS) is 15.5. The van der Waals surface area contributed by atoms with Crippen molar-refractivity contribution in [2.24, 2.45) is 12.0 Å². The second-order valence-electron chi connectivity index (χ2n) is 7.71. The fourth-order valence-corrected chi connectivity index (χ4v) is 3.73. The quantitative estimate of drug-likeness (QED) is 0.345. The zero-order chi connectivity index (χ0) is 20.8. The van der Waals surface area contributed by atoms with Gasteiger partial charge < -0.3 is 20.3 Å². The van der Waals surface area contributed by atoms with Crippen LogP contribution >= 0.6 is 24.0 Å². The number of nitrogens with one attached hydrogen (secondary N) is 2. The Morgan fingerprint density at radius 1 is 1.20 bits per heavy atom. The van der Waals surface area contributed by atoms with Gasteiger partial charge in [0.2, 0.25) is 0 Å². The third kappa shape index (κ3) is 6.34. The molecule has 2 heterocycles. The first-order chi connectivity index (χ1) is 14.0. The van der Waals surface area contributed by atoms with Crippen LogP contribution in [-0.4, -0.2) is 55.1 Å². The number of ether oxygens (including phenoxy) is 1. The van der Waals surface area contributed by atoms with Crippen LogP contribution < -0.4 is 15.5 Å². The third-order valence-corrected chi connectivity index (χ3v) is 5.55. The number of hydrogen-bond donors (Lipinski definition) is 2. The van der Waals surface area contributed by atoms with Gasteiger partial charge >= 0.3 is 0 Å². The number of morpholine rings is 1. The van der Waals surface area contributed by atoms with E-state index in [1.54, 1.807) is 0 Å². The molecule has 1 aliphatic heterocycles. The lowest BCUT2D eigenvalue weighted by Gasteiger charge is -2.29. The van der Waals surface area contributed by atoms with Crippen molar-refractivity contribution in [3.8, 4) is 0 Å². The summed E-state index contributed by atoms with van der Waals surface area (Å²) in [6.45, 7) is 10.6. The van der Waals surface area contributed by atoms with Gasteiger partial charge in [0.15, 0.2) is 5.96 Å². The molecular formula is C22H35IN6O. The van der Waals surface area contributed by atoms with Gasteiger partial charge in [-0.2, -0.15) is 5.10 Å². The van der Waals surface area contributed by atoms with E-state index in [4.69, 9.17) is 4.74 Å². The number of hydrogen-bond acceptors (Lipinski definition) is 4. The molecule has 0 bridgehead atoms. The molecule has 7 nitrogen and oxygen atoms in total. The van der Waals surface area contributed by atoms with Crippen LogP contribution in [0.15, 0.2) is 29.3 Å². The number of benzene rings is 1. The van der Waals surface area contributed by atoms with E-state index in [0.29, 0.717) is 0 Å². The second kappa shape index (κ2) is 11.5. The molecule has 0 aliphatic carbocycles. The minimum atomic E-state index is 0. The van der Waals surface area contributed by atoms with Gasteiger partial charge in [-0.25, -0.2) is 0 Å². The van der Waals surface area contributed by atoms with Crippen LogP contribution in [0.1, 0.15) is 29.4 Å². The van der Waals surface area contributed by atoms with Crippen molar-refractivity contribution in [1.29, 1.82) is 0 Å². The standard InChI is InChI=1S/C22H34N6O.HI/c1-16(14-21-17(2)26-27(5)18(21)3)25-22(23-4)24-15-19-6-8-20(9-7-19)28-10-12-29-13-11-28;/h6-9,16H,10-15H2,1-5H3,(H2,23,24,25);1H. The van der Waals surface area contributed by atoms with Crippen molar-refractivity contribution < 1.29 is 4.74 Å². The maximum Gasteiger partial charge on any atom is 0.191 e.